The van der Waals surface area contributed by atoms with Crippen molar-refractivity contribution in [2.24, 2.45) is 11.8 Å². The third-order valence-corrected chi connectivity index (χ3v) is 9.73. The van der Waals surface area contributed by atoms with Crippen LogP contribution in [0.15, 0.2) is 49.6 Å². The minimum Gasteiger partial charge on any atom is -0.497 e. The quantitative estimate of drug-likeness (QED) is 0.379. The average molecular weight is 515 g/mol. The molecule has 6 atom stereocenters. The van der Waals surface area contributed by atoms with Gasteiger partial charge in [0.2, 0.25) is 5.91 Å². The van der Waals surface area contributed by atoms with Crippen LogP contribution in [0, 0.1) is 11.8 Å². The molecule has 0 radical (unpaired) electrons. The molecule has 1 aromatic carbocycles. The maximum Gasteiger partial charge on any atom is 0.311 e. The normalized spacial score (nSPS) is 31.1. The van der Waals surface area contributed by atoms with Gasteiger partial charge in [-0.05, 0) is 51.0 Å². The number of rotatable bonds is 10. The fraction of sp³-hybridized carbons (Fsp3) is 0.519. The van der Waals surface area contributed by atoms with E-state index in [0.29, 0.717) is 24.3 Å². The monoisotopic (exact) mass is 514 g/mol. The summed E-state index contributed by atoms with van der Waals surface area (Å²) in [5.41, 5.74) is 0.648. The molecule has 1 aromatic rings. The largest absolute Gasteiger partial charge is 0.497 e. The summed E-state index contributed by atoms with van der Waals surface area (Å²) in [5.74, 6) is -1.69. The minimum atomic E-state index is -0.844. The molecule has 9 heteroatoms. The van der Waals surface area contributed by atoms with E-state index in [-0.39, 0.29) is 31.6 Å². The third-order valence-electron chi connectivity index (χ3n) is 7.75. The zero-order valence-corrected chi connectivity index (χ0v) is 21.8. The Labute approximate surface area is 216 Å². The Morgan fingerprint density at radius 3 is 2.56 bits per heavy atom. The number of thioether (sulfide) groups is 1. The molecule has 3 saturated heterocycles. The van der Waals surface area contributed by atoms with E-state index < -0.39 is 39.4 Å². The predicted molar refractivity (Wildman–Crippen MR) is 139 cm³/mol. The Balaban J connectivity index is 1.79. The number of hydrogen-bond acceptors (Lipinski definition) is 7. The number of benzene rings is 1. The van der Waals surface area contributed by atoms with E-state index in [1.807, 2.05) is 6.92 Å². The van der Waals surface area contributed by atoms with Crippen molar-refractivity contribution in [2.75, 3.05) is 31.8 Å². The lowest BCUT2D eigenvalue weighted by Crippen LogP contribution is -2.57. The van der Waals surface area contributed by atoms with Gasteiger partial charge in [-0.15, -0.1) is 18.3 Å². The van der Waals surface area contributed by atoms with Crippen LogP contribution in [-0.2, 0) is 19.1 Å². The summed E-state index contributed by atoms with van der Waals surface area (Å²) >= 11 is 1.57. The van der Waals surface area contributed by atoms with Crippen LogP contribution in [0.2, 0.25) is 0 Å². The first-order chi connectivity index (χ1) is 17.2. The fourth-order valence-corrected chi connectivity index (χ4v) is 8.48. The number of amides is 2. The van der Waals surface area contributed by atoms with E-state index in [1.54, 1.807) is 61.0 Å². The van der Waals surface area contributed by atoms with Crippen LogP contribution in [0.4, 0.5) is 5.69 Å². The number of carbonyl (C=O) groups excluding carboxylic acids is 3. The van der Waals surface area contributed by atoms with Gasteiger partial charge in [0.15, 0.2) is 0 Å². The number of nitrogens with zero attached hydrogens (tertiary/aromatic N) is 2. The molecule has 0 saturated carbocycles. The Morgan fingerprint density at radius 1 is 1.28 bits per heavy atom. The molecule has 36 heavy (non-hydrogen) atoms. The summed E-state index contributed by atoms with van der Waals surface area (Å²) in [4.78, 5) is 44.7. The zero-order chi connectivity index (χ0) is 26.3. The summed E-state index contributed by atoms with van der Waals surface area (Å²) in [6, 6.07) is 5.70. The maximum atomic E-state index is 14.4. The van der Waals surface area contributed by atoms with Crippen molar-refractivity contribution in [2.45, 2.75) is 48.3 Å². The SMILES string of the molecule is C=CCOC(=O)[C@@H]1[C@H]2C(=O)N([C@H](C)CO)C(C(=O)N(CC=C)c3ccc(OC)cc3)C23CC[C@@]1(C)S3. The van der Waals surface area contributed by atoms with E-state index in [2.05, 4.69) is 13.2 Å². The highest BCUT2D eigenvalue weighted by molar-refractivity contribution is 8.02. The van der Waals surface area contributed by atoms with Crippen LogP contribution in [0.5, 0.6) is 5.75 Å². The highest BCUT2D eigenvalue weighted by Crippen LogP contribution is 2.71. The summed E-state index contributed by atoms with van der Waals surface area (Å²) in [6.07, 6.45) is 4.45. The number of aliphatic hydroxyl groups is 1. The molecule has 2 unspecified atom stereocenters. The van der Waals surface area contributed by atoms with Gasteiger partial charge < -0.3 is 24.4 Å². The molecule has 0 aliphatic carbocycles. The van der Waals surface area contributed by atoms with Gasteiger partial charge in [0.25, 0.3) is 5.91 Å². The molecule has 2 bridgehead atoms. The molecule has 194 valence electrons. The number of aliphatic hydroxyl groups excluding tert-OH is 1. The molecular weight excluding hydrogens is 480 g/mol. The van der Waals surface area contributed by atoms with Crippen molar-refractivity contribution in [1.29, 1.82) is 0 Å². The molecule has 3 aliphatic heterocycles. The number of anilines is 1. The Morgan fingerprint density at radius 2 is 1.97 bits per heavy atom. The first-order valence-corrected chi connectivity index (χ1v) is 13.0. The second-order valence-corrected chi connectivity index (χ2v) is 11.8. The smallest absolute Gasteiger partial charge is 0.311 e. The van der Waals surface area contributed by atoms with Crippen molar-refractivity contribution in [3.05, 3.63) is 49.6 Å². The molecule has 1 spiro atoms. The summed E-state index contributed by atoms with van der Waals surface area (Å²) < 4.78 is 9.37. The highest BCUT2D eigenvalue weighted by Gasteiger charge is 2.78. The molecule has 2 amide bonds. The number of methoxy groups -OCH3 is 1. The van der Waals surface area contributed by atoms with Crippen LogP contribution in [0.1, 0.15) is 26.7 Å². The lowest BCUT2D eigenvalue weighted by molar-refractivity contribution is -0.155. The predicted octanol–water partition coefficient (Wildman–Crippen LogP) is 2.81. The van der Waals surface area contributed by atoms with Crippen molar-refractivity contribution in [1.82, 2.24) is 4.90 Å². The second-order valence-electron chi connectivity index (χ2n) is 9.86. The van der Waals surface area contributed by atoms with Gasteiger partial charge >= 0.3 is 5.97 Å². The van der Waals surface area contributed by atoms with Gasteiger partial charge in [0.05, 0.1) is 36.3 Å². The van der Waals surface area contributed by atoms with Crippen LogP contribution < -0.4 is 9.64 Å². The maximum absolute atomic E-state index is 14.4. The lowest BCUT2D eigenvalue weighted by atomic mass is 9.66. The van der Waals surface area contributed by atoms with Crippen molar-refractivity contribution in [3.63, 3.8) is 0 Å². The van der Waals surface area contributed by atoms with E-state index in [0.717, 1.165) is 0 Å². The summed E-state index contributed by atoms with van der Waals surface area (Å²) in [7, 11) is 1.57. The van der Waals surface area contributed by atoms with E-state index in [4.69, 9.17) is 9.47 Å². The molecule has 1 N–H and O–H groups in total. The molecule has 3 fully saturated rings. The second kappa shape index (κ2) is 9.94. The Bertz CT molecular complexity index is 1060. The number of carbonyl (C=O) groups is 3. The van der Waals surface area contributed by atoms with Gasteiger partial charge in [-0.1, -0.05) is 18.7 Å². The molecule has 4 rings (SSSR count). The van der Waals surface area contributed by atoms with Crippen molar-refractivity contribution in [3.8, 4) is 5.75 Å². The van der Waals surface area contributed by atoms with Gasteiger partial charge in [0.1, 0.15) is 18.4 Å². The molecule has 3 heterocycles. The van der Waals surface area contributed by atoms with E-state index >= 15 is 0 Å². The van der Waals surface area contributed by atoms with Gasteiger partial charge in [-0.3, -0.25) is 14.4 Å². The third kappa shape index (κ3) is 3.93. The number of ether oxygens (including phenoxy) is 2. The summed E-state index contributed by atoms with van der Waals surface area (Å²) in [6.45, 7) is 11.2. The number of likely N-dealkylation sites (tertiary alicyclic amines) is 1. The molecular formula is C27H34N2O6S. The van der Waals surface area contributed by atoms with E-state index in [9.17, 15) is 19.5 Å². The van der Waals surface area contributed by atoms with Crippen molar-refractivity contribution < 1.29 is 29.0 Å². The van der Waals surface area contributed by atoms with E-state index in [1.165, 1.54) is 11.0 Å². The molecule has 8 nitrogen and oxygen atoms in total. The lowest BCUT2D eigenvalue weighted by Gasteiger charge is -2.38. The topological polar surface area (TPSA) is 96.4 Å². The minimum absolute atomic E-state index is 0.0632. The van der Waals surface area contributed by atoms with Crippen LogP contribution in [0.3, 0.4) is 0 Å². The number of hydrogen-bond donors (Lipinski definition) is 1. The number of fused-ring (bicyclic) bond motifs is 1. The average Bonchev–Trinajstić information content (AvgIpc) is 3.45. The van der Waals surface area contributed by atoms with Crippen LogP contribution in [-0.4, -0.2) is 76.2 Å². The molecule has 0 aromatic heterocycles. The fourth-order valence-electron chi connectivity index (χ4n) is 6.16. The Hall–Kier alpha value is -2.78. The van der Waals surface area contributed by atoms with Gasteiger partial charge in [-0.25, -0.2) is 0 Å². The van der Waals surface area contributed by atoms with Crippen LogP contribution >= 0.6 is 11.8 Å². The molecule has 3 aliphatic rings. The standard InChI is InChI=1S/C27H34N2O6S/c1-6-14-28(18-8-10-19(34-5)11-9-18)24(32)22-27-13-12-26(4,36-27)21(25(33)35-15-7-2)20(27)23(31)29(22)17(3)16-30/h6-11,17,20-22,30H,1-2,12-16H2,3-5H3/t17-,20+,21+,22?,26-,27?/m1/s1. The highest BCUT2D eigenvalue weighted by atomic mass is 32.2. The van der Waals surface area contributed by atoms with Gasteiger partial charge in [-0.2, -0.15) is 0 Å². The van der Waals surface area contributed by atoms with Crippen LogP contribution in [0.25, 0.3) is 0 Å². The first-order valence-electron chi connectivity index (χ1n) is 12.2. The first kappa shape index (κ1) is 26.3. The number of esters is 1. The zero-order valence-electron chi connectivity index (χ0n) is 21.0. The van der Waals surface area contributed by atoms with Gasteiger partial charge in [0, 0.05) is 17.0 Å². The van der Waals surface area contributed by atoms with Crippen molar-refractivity contribution >= 4 is 35.2 Å². The Kier molecular flexibility index (Phi) is 7.26. The summed E-state index contributed by atoms with van der Waals surface area (Å²) in [5, 5.41) is 10.0.